The Morgan fingerprint density at radius 1 is 1.70 bits per heavy atom. The first kappa shape index (κ1) is 7.29. The summed E-state index contributed by atoms with van der Waals surface area (Å²) in [7, 11) is -4.40. The van der Waals surface area contributed by atoms with E-state index in [1.807, 2.05) is 0 Å². The Hall–Kier alpha value is -0.820. The number of amidine groups is 1. The van der Waals surface area contributed by atoms with Crippen molar-refractivity contribution in [1.82, 2.24) is 5.32 Å². The molecule has 0 atom stereocenters. The highest BCUT2D eigenvalue weighted by Crippen LogP contribution is 1.91. The molecule has 0 aromatic rings. The Balaban J connectivity index is 2.54. The lowest BCUT2D eigenvalue weighted by atomic mass is 10.7. The fourth-order valence-electron chi connectivity index (χ4n) is 0.532. The number of nitrogens with one attached hydrogen (secondary N) is 1. The van der Waals surface area contributed by atoms with E-state index in [0.717, 1.165) is 0 Å². The van der Waals surface area contributed by atoms with Gasteiger partial charge in [-0.3, -0.25) is 4.55 Å². The lowest BCUT2D eigenvalue weighted by Gasteiger charge is -1.98. The Bertz CT molecular complexity index is 243. The Labute approximate surface area is 57.9 Å². The lowest BCUT2D eigenvalue weighted by molar-refractivity contribution is 0.377. The Kier molecular flexibility index (Phi) is 1.77. The summed E-state index contributed by atoms with van der Waals surface area (Å²) < 4.78 is 32.1. The van der Waals surface area contributed by atoms with Crippen LogP contribution in [0.3, 0.4) is 0 Å². The fraction of sp³-hybridized carbons (Fsp3) is 0.667. The minimum absolute atomic E-state index is 0.150. The van der Waals surface area contributed by atoms with Crippen LogP contribution in [0.25, 0.3) is 0 Å². The maximum absolute atomic E-state index is 10.00. The van der Waals surface area contributed by atoms with Crippen molar-refractivity contribution >= 4 is 16.4 Å². The smallest absolute Gasteiger partial charge is 0.337 e. The van der Waals surface area contributed by atoms with E-state index in [2.05, 4.69) is 14.5 Å². The lowest BCUT2D eigenvalue weighted by Crippen LogP contribution is -2.24. The predicted octanol–water partition coefficient (Wildman–Crippen LogP) is -1.23. The van der Waals surface area contributed by atoms with Crippen LogP contribution >= 0.6 is 0 Å². The van der Waals surface area contributed by atoms with E-state index in [1.165, 1.54) is 0 Å². The molecule has 0 unspecified atom stereocenters. The van der Waals surface area contributed by atoms with Crippen LogP contribution in [-0.4, -0.2) is 32.1 Å². The summed E-state index contributed by atoms with van der Waals surface area (Å²) in [6, 6.07) is -0.150. The van der Waals surface area contributed by atoms with Gasteiger partial charge in [0.25, 0.3) is 0 Å². The van der Waals surface area contributed by atoms with Crippen molar-refractivity contribution in [2.45, 2.75) is 0 Å². The highest BCUT2D eigenvalue weighted by molar-refractivity contribution is 7.81. The molecule has 6 nitrogen and oxygen atoms in total. The molecule has 0 aliphatic carbocycles. The number of hydrogen-bond acceptors (Lipinski definition) is 5. The standard InChI is InChI=1S/C3H6N2O4S/c6-10(7,8)9-3-4-1-2-5-3/h1-2H2,(H,4,5)(H,6,7,8). The molecule has 1 aliphatic heterocycles. The van der Waals surface area contributed by atoms with Crippen LogP contribution in [0.2, 0.25) is 0 Å². The van der Waals surface area contributed by atoms with Gasteiger partial charge in [-0.1, -0.05) is 0 Å². The van der Waals surface area contributed by atoms with Crippen molar-refractivity contribution in [1.29, 1.82) is 0 Å². The molecule has 0 saturated heterocycles. The Morgan fingerprint density at radius 3 is 2.80 bits per heavy atom. The topological polar surface area (TPSA) is 88.0 Å². The molecular weight excluding hydrogens is 160 g/mol. The van der Waals surface area contributed by atoms with Gasteiger partial charge in [-0.25, -0.2) is 4.99 Å². The summed E-state index contributed by atoms with van der Waals surface area (Å²) in [4.78, 5) is 3.57. The SMILES string of the molecule is O=S(=O)(O)OC1=NCCN1. The summed E-state index contributed by atoms with van der Waals surface area (Å²) in [6.45, 7) is 0.996. The van der Waals surface area contributed by atoms with Crippen LogP contribution in [0.1, 0.15) is 0 Å². The van der Waals surface area contributed by atoms with E-state index in [-0.39, 0.29) is 6.02 Å². The van der Waals surface area contributed by atoms with Gasteiger partial charge >= 0.3 is 16.4 Å². The predicted molar refractivity (Wildman–Crippen MR) is 32.9 cm³/mol. The van der Waals surface area contributed by atoms with Gasteiger partial charge in [0.15, 0.2) is 0 Å². The second kappa shape index (κ2) is 2.43. The van der Waals surface area contributed by atoms with Crippen molar-refractivity contribution in [3.05, 3.63) is 0 Å². The first-order valence-corrected chi connectivity index (χ1v) is 3.90. The van der Waals surface area contributed by atoms with E-state index < -0.39 is 10.4 Å². The number of hydrogen-bond donors (Lipinski definition) is 2. The van der Waals surface area contributed by atoms with Gasteiger partial charge in [-0.2, -0.15) is 8.42 Å². The summed E-state index contributed by atoms with van der Waals surface area (Å²) in [5, 5.41) is 2.50. The molecular formula is C3H6N2O4S. The summed E-state index contributed by atoms with van der Waals surface area (Å²) in [5.74, 6) is 0. The van der Waals surface area contributed by atoms with Gasteiger partial charge < -0.3 is 9.50 Å². The van der Waals surface area contributed by atoms with Crippen molar-refractivity contribution in [2.24, 2.45) is 4.99 Å². The van der Waals surface area contributed by atoms with Crippen molar-refractivity contribution in [3.8, 4) is 0 Å². The molecule has 0 amide bonds. The number of nitrogens with zero attached hydrogens (tertiary/aromatic N) is 1. The quantitative estimate of drug-likeness (QED) is 0.476. The third kappa shape index (κ3) is 2.19. The molecule has 0 aromatic carbocycles. The van der Waals surface area contributed by atoms with Crippen LogP contribution in [0, 0.1) is 0 Å². The van der Waals surface area contributed by atoms with Gasteiger partial charge in [-0.05, 0) is 0 Å². The molecule has 0 spiro atoms. The monoisotopic (exact) mass is 166 g/mol. The molecule has 0 bridgehead atoms. The highest BCUT2D eigenvalue weighted by Gasteiger charge is 2.13. The largest absolute Gasteiger partial charge is 0.449 e. The molecule has 7 heteroatoms. The average Bonchev–Trinajstić information content (AvgIpc) is 2.12. The van der Waals surface area contributed by atoms with E-state index in [0.29, 0.717) is 13.1 Å². The van der Waals surface area contributed by atoms with Gasteiger partial charge in [0.05, 0.1) is 6.54 Å². The Morgan fingerprint density at radius 2 is 2.40 bits per heavy atom. The first-order chi connectivity index (χ1) is 4.58. The van der Waals surface area contributed by atoms with Crippen molar-refractivity contribution in [3.63, 3.8) is 0 Å². The molecule has 1 rings (SSSR count). The molecule has 10 heavy (non-hydrogen) atoms. The molecule has 0 saturated carbocycles. The van der Waals surface area contributed by atoms with Gasteiger partial charge in [0.1, 0.15) is 0 Å². The van der Waals surface area contributed by atoms with Crippen molar-refractivity contribution in [2.75, 3.05) is 13.1 Å². The zero-order chi connectivity index (χ0) is 7.61. The number of rotatable bonds is 1. The van der Waals surface area contributed by atoms with Crippen LogP contribution in [-0.2, 0) is 14.6 Å². The van der Waals surface area contributed by atoms with Crippen LogP contribution in [0.5, 0.6) is 0 Å². The zero-order valence-electron chi connectivity index (χ0n) is 4.94. The zero-order valence-corrected chi connectivity index (χ0v) is 5.76. The average molecular weight is 166 g/mol. The van der Waals surface area contributed by atoms with Crippen LogP contribution in [0.4, 0.5) is 0 Å². The molecule has 0 radical (unpaired) electrons. The van der Waals surface area contributed by atoms with E-state index in [4.69, 9.17) is 4.55 Å². The molecule has 1 aliphatic rings. The van der Waals surface area contributed by atoms with Crippen LogP contribution in [0.15, 0.2) is 4.99 Å². The van der Waals surface area contributed by atoms with E-state index in [9.17, 15) is 8.42 Å². The second-order valence-electron chi connectivity index (χ2n) is 1.62. The highest BCUT2D eigenvalue weighted by atomic mass is 32.3. The summed E-state index contributed by atoms with van der Waals surface area (Å²) in [6.07, 6.45) is 0. The van der Waals surface area contributed by atoms with E-state index in [1.54, 1.807) is 0 Å². The first-order valence-electron chi connectivity index (χ1n) is 2.53. The third-order valence-corrected chi connectivity index (χ3v) is 1.20. The molecule has 0 fully saturated rings. The van der Waals surface area contributed by atoms with E-state index >= 15 is 0 Å². The summed E-state index contributed by atoms with van der Waals surface area (Å²) >= 11 is 0. The fourth-order valence-corrected chi connectivity index (χ4v) is 0.843. The molecule has 0 aromatic heterocycles. The van der Waals surface area contributed by atoms with Crippen molar-refractivity contribution < 1.29 is 17.2 Å². The molecule has 2 N–H and O–H groups in total. The van der Waals surface area contributed by atoms with Crippen LogP contribution < -0.4 is 5.32 Å². The number of aliphatic imine (C=N–C) groups is 1. The van der Waals surface area contributed by atoms with Gasteiger partial charge in [0, 0.05) is 6.54 Å². The maximum Gasteiger partial charge on any atom is 0.449 e. The molecule has 58 valence electrons. The molecule has 1 heterocycles. The normalized spacial score (nSPS) is 17.9. The van der Waals surface area contributed by atoms with Gasteiger partial charge in [0.2, 0.25) is 0 Å². The minimum atomic E-state index is -4.40. The minimum Gasteiger partial charge on any atom is -0.337 e. The maximum atomic E-state index is 10.00. The second-order valence-corrected chi connectivity index (χ2v) is 2.65. The van der Waals surface area contributed by atoms with Gasteiger partial charge in [-0.15, -0.1) is 0 Å². The third-order valence-electron chi connectivity index (χ3n) is 0.828. The summed E-state index contributed by atoms with van der Waals surface area (Å²) in [5.41, 5.74) is 0.